The fourth-order valence-corrected chi connectivity index (χ4v) is 1.38. The van der Waals surface area contributed by atoms with E-state index in [2.05, 4.69) is 5.32 Å². The molecule has 0 fully saturated rings. The molecule has 0 bridgehead atoms. The van der Waals surface area contributed by atoms with Crippen LogP contribution in [-0.2, 0) is 0 Å². The van der Waals surface area contributed by atoms with Gasteiger partial charge in [-0.05, 0) is 34.7 Å². The predicted octanol–water partition coefficient (Wildman–Crippen LogP) is 3.27. The summed E-state index contributed by atoms with van der Waals surface area (Å²) in [5.41, 5.74) is 0.514. The minimum absolute atomic E-state index is 0.514. The van der Waals surface area contributed by atoms with E-state index in [1.54, 1.807) is 24.3 Å². The van der Waals surface area contributed by atoms with Crippen LogP contribution in [0.15, 0.2) is 24.3 Å². The van der Waals surface area contributed by atoms with Crippen LogP contribution >= 0.6 is 22.6 Å². The van der Waals surface area contributed by atoms with Gasteiger partial charge in [-0.3, -0.25) is 0 Å². The predicted molar refractivity (Wildman–Crippen MR) is 53.7 cm³/mol. The second-order valence-electron chi connectivity index (χ2n) is 2.45. The van der Waals surface area contributed by atoms with Crippen molar-refractivity contribution in [2.45, 2.75) is 6.18 Å². The van der Waals surface area contributed by atoms with Crippen LogP contribution in [0.3, 0.4) is 0 Å². The molecule has 0 amide bonds. The highest BCUT2D eigenvalue weighted by molar-refractivity contribution is 14.1. The van der Waals surface area contributed by atoms with Crippen LogP contribution in [0.1, 0.15) is 0 Å². The number of anilines is 1. The van der Waals surface area contributed by atoms with E-state index in [9.17, 15) is 13.2 Å². The lowest BCUT2D eigenvalue weighted by molar-refractivity contribution is -0.115. The normalized spacial score (nSPS) is 11.4. The first-order valence-electron chi connectivity index (χ1n) is 3.54. The highest BCUT2D eigenvalue weighted by atomic mass is 127. The number of hydrogen-bond donors (Lipinski definition) is 1. The number of rotatable bonds is 2. The van der Waals surface area contributed by atoms with Gasteiger partial charge in [-0.2, -0.15) is 13.2 Å². The average Bonchev–Trinajstić information content (AvgIpc) is 2.01. The number of nitrogens with one attached hydrogen (secondary N) is 1. The maximum Gasteiger partial charge on any atom is 0.405 e. The van der Waals surface area contributed by atoms with E-state index in [0.29, 0.717) is 5.69 Å². The van der Waals surface area contributed by atoms with Crippen LogP contribution in [0.2, 0.25) is 0 Å². The Hall–Kier alpha value is -0.460. The molecule has 72 valence electrons. The number of alkyl halides is 3. The van der Waals surface area contributed by atoms with Gasteiger partial charge in [0, 0.05) is 9.26 Å². The molecule has 1 N–H and O–H groups in total. The first kappa shape index (κ1) is 10.6. The summed E-state index contributed by atoms with van der Waals surface area (Å²) in [6.07, 6.45) is -4.17. The molecule has 1 rings (SSSR count). The Labute approximate surface area is 87.5 Å². The van der Waals surface area contributed by atoms with E-state index in [-0.39, 0.29) is 0 Å². The summed E-state index contributed by atoms with van der Waals surface area (Å²) < 4.78 is 36.2. The van der Waals surface area contributed by atoms with Crippen molar-refractivity contribution in [2.24, 2.45) is 0 Å². The van der Waals surface area contributed by atoms with Gasteiger partial charge in [0.15, 0.2) is 0 Å². The first-order valence-corrected chi connectivity index (χ1v) is 4.62. The molecule has 0 heterocycles. The Morgan fingerprint density at radius 2 is 1.85 bits per heavy atom. The molecule has 5 heteroatoms. The molecule has 0 spiro atoms. The number of para-hydroxylation sites is 1. The third-order valence-electron chi connectivity index (χ3n) is 1.35. The van der Waals surface area contributed by atoms with Crippen LogP contribution in [0.5, 0.6) is 0 Å². The Bertz CT molecular complexity index is 285. The maximum absolute atomic E-state index is 11.8. The van der Waals surface area contributed by atoms with E-state index in [1.807, 2.05) is 22.6 Å². The van der Waals surface area contributed by atoms with E-state index >= 15 is 0 Å². The molecule has 0 aliphatic heterocycles. The zero-order valence-electron chi connectivity index (χ0n) is 6.53. The molecule has 1 aromatic carbocycles. The smallest absolute Gasteiger partial charge is 0.376 e. The van der Waals surface area contributed by atoms with Crippen molar-refractivity contribution in [2.75, 3.05) is 11.9 Å². The molecule has 13 heavy (non-hydrogen) atoms. The largest absolute Gasteiger partial charge is 0.405 e. The topological polar surface area (TPSA) is 12.0 Å². The highest BCUT2D eigenvalue weighted by Gasteiger charge is 2.26. The monoisotopic (exact) mass is 301 g/mol. The Morgan fingerprint density at radius 1 is 1.23 bits per heavy atom. The van der Waals surface area contributed by atoms with Crippen molar-refractivity contribution >= 4 is 28.3 Å². The van der Waals surface area contributed by atoms with Gasteiger partial charge in [0.2, 0.25) is 0 Å². The van der Waals surface area contributed by atoms with Gasteiger partial charge in [-0.25, -0.2) is 0 Å². The highest BCUT2D eigenvalue weighted by Crippen LogP contribution is 2.20. The van der Waals surface area contributed by atoms with Crippen LogP contribution in [-0.4, -0.2) is 12.7 Å². The summed E-state index contributed by atoms with van der Waals surface area (Å²) >= 11 is 1.98. The molecular weight excluding hydrogens is 294 g/mol. The van der Waals surface area contributed by atoms with E-state index in [0.717, 1.165) is 3.57 Å². The summed E-state index contributed by atoms with van der Waals surface area (Å²) in [6.45, 7) is -0.993. The van der Waals surface area contributed by atoms with Crippen molar-refractivity contribution in [1.82, 2.24) is 0 Å². The lowest BCUT2D eigenvalue weighted by Gasteiger charge is -2.10. The number of benzene rings is 1. The molecule has 0 saturated carbocycles. The van der Waals surface area contributed by atoms with Crippen LogP contribution < -0.4 is 5.32 Å². The Balaban J connectivity index is 2.60. The van der Waals surface area contributed by atoms with Gasteiger partial charge in [-0.15, -0.1) is 0 Å². The quantitative estimate of drug-likeness (QED) is 0.827. The number of hydrogen-bond acceptors (Lipinski definition) is 1. The molecule has 0 unspecified atom stereocenters. The molecule has 0 aliphatic carbocycles. The summed E-state index contributed by atoms with van der Waals surface area (Å²) in [5.74, 6) is 0. The molecule has 0 aliphatic rings. The zero-order valence-corrected chi connectivity index (χ0v) is 8.69. The molecular formula is C8H7F3IN. The van der Waals surface area contributed by atoms with Gasteiger partial charge >= 0.3 is 6.18 Å². The van der Waals surface area contributed by atoms with Crippen molar-refractivity contribution in [3.63, 3.8) is 0 Å². The van der Waals surface area contributed by atoms with Crippen LogP contribution in [0.4, 0.5) is 18.9 Å². The zero-order chi connectivity index (χ0) is 9.90. The summed E-state index contributed by atoms with van der Waals surface area (Å²) in [7, 11) is 0. The Morgan fingerprint density at radius 3 is 2.38 bits per heavy atom. The molecule has 0 radical (unpaired) electrons. The third-order valence-corrected chi connectivity index (χ3v) is 2.29. The maximum atomic E-state index is 11.8. The first-order chi connectivity index (χ1) is 5.99. The third kappa shape index (κ3) is 3.84. The van der Waals surface area contributed by atoms with E-state index in [4.69, 9.17) is 0 Å². The molecule has 0 saturated heterocycles. The van der Waals surface area contributed by atoms with Crippen LogP contribution in [0.25, 0.3) is 0 Å². The van der Waals surface area contributed by atoms with Crippen molar-refractivity contribution < 1.29 is 13.2 Å². The van der Waals surface area contributed by atoms with Crippen molar-refractivity contribution in [1.29, 1.82) is 0 Å². The standard InChI is InChI=1S/C8H7F3IN/c9-8(10,11)5-13-7-4-2-1-3-6(7)12/h1-4,13H,5H2. The molecule has 0 atom stereocenters. The van der Waals surface area contributed by atoms with Gasteiger partial charge in [0.05, 0.1) is 0 Å². The van der Waals surface area contributed by atoms with E-state index < -0.39 is 12.7 Å². The Kier molecular flexibility index (Phi) is 3.40. The lowest BCUT2D eigenvalue weighted by atomic mass is 10.3. The van der Waals surface area contributed by atoms with Crippen LogP contribution in [0, 0.1) is 3.57 Å². The molecule has 0 aromatic heterocycles. The van der Waals surface area contributed by atoms with Gasteiger partial charge in [0.25, 0.3) is 0 Å². The van der Waals surface area contributed by atoms with Crippen molar-refractivity contribution in [3.05, 3.63) is 27.8 Å². The van der Waals surface area contributed by atoms with Crippen molar-refractivity contribution in [3.8, 4) is 0 Å². The minimum Gasteiger partial charge on any atom is -0.376 e. The summed E-state index contributed by atoms with van der Waals surface area (Å²) in [5, 5.41) is 2.32. The second-order valence-corrected chi connectivity index (χ2v) is 3.61. The summed E-state index contributed by atoms with van der Waals surface area (Å²) in [6, 6.07) is 6.84. The van der Waals surface area contributed by atoms with Gasteiger partial charge in [-0.1, -0.05) is 12.1 Å². The summed E-state index contributed by atoms with van der Waals surface area (Å²) in [4.78, 5) is 0. The lowest BCUT2D eigenvalue weighted by Crippen LogP contribution is -2.21. The fraction of sp³-hybridized carbons (Fsp3) is 0.250. The molecule has 1 aromatic rings. The van der Waals surface area contributed by atoms with Gasteiger partial charge < -0.3 is 5.32 Å². The SMILES string of the molecule is FC(F)(F)CNc1ccccc1I. The van der Waals surface area contributed by atoms with Gasteiger partial charge in [0.1, 0.15) is 6.54 Å². The van der Waals surface area contributed by atoms with E-state index in [1.165, 1.54) is 0 Å². The average molecular weight is 301 g/mol. The minimum atomic E-state index is -4.17. The fourth-order valence-electron chi connectivity index (χ4n) is 0.800. The second kappa shape index (κ2) is 4.17. The molecule has 1 nitrogen and oxygen atoms in total. The number of halogens is 4.